The Labute approximate surface area is 130 Å². The second kappa shape index (κ2) is 6.31. The molecule has 0 bridgehead atoms. The van der Waals surface area contributed by atoms with Gasteiger partial charge in [-0.25, -0.2) is 0 Å². The molecule has 110 valence electrons. The lowest BCUT2D eigenvalue weighted by molar-refractivity contribution is 0.112. The smallest absolute Gasteiger partial charge is 0.150 e. The van der Waals surface area contributed by atoms with Crippen molar-refractivity contribution in [3.63, 3.8) is 0 Å². The molecule has 21 heavy (non-hydrogen) atoms. The lowest BCUT2D eigenvalue weighted by atomic mass is 9.87. The van der Waals surface area contributed by atoms with Gasteiger partial charge in [0, 0.05) is 5.56 Å². The SMILES string of the molecule is CC(C)(C)c1ccc(COc2ccc(C=O)cc2Cl)cc1. The molecule has 0 atom stereocenters. The average Bonchev–Trinajstić information content (AvgIpc) is 2.45. The highest BCUT2D eigenvalue weighted by molar-refractivity contribution is 6.32. The number of ether oxygens (including phenoxy) is 1. The summed E-state index contributed by atoms with van der Waals surface area (Å²) in [4.78, 5) is 10.7. The van der Waals surface area contributed by atoms with E-state index < -0.39 is 0 Å². The van der Waals surface area contributed by atoms with Gasteiger partial charge in [-0.2, -0.15) is 0 Å². The number of aldehydes is 1. The Hall–Kier alpha value is -1.80. The maximum absolute atomic E-state index is 10.7. The number of halogens is 1. The largest absolute Gasteiger partial charge is 0.487 e. The Morgan fingerprint density at radius 2 is 1.76 bits per heavy atom. The molecule has 2 rings (SSSR count). The summed E-state index contributed by atoms with van der Waals surface area (Å²) in [5.74, 6) is 0.585. The average molecular weight is 303 g/mol. The topological polar surface area (TPSA) is 26.3 Å². The Morgan fingerprint density at radius 1 is 1.10 bits per heavy atom. The van der Waals surface area contributed by atoms with Gasteiger partial charge in [-0.15, -0.1) is 0 Å². The van der Waals surface area contributed by atoms with Gasteiger partial charge in [-0.05, 0) is 34.7 Å². The minimum absolute atomic E-state index is 0.146. The van der Waals surface area contributed by atoms with Crippen LogP contribution < -0.4 is 4.74 Å². The number of carbonyl (C=O) groups excluding carboxylic acids is 1. The maximum Gasteiger partial charge on any atom is 0.150 e. The fraction of sp³-hybridized carbons (Fsp3) is 0.278. The van der Waals surface area contributed by atoms with Crippen molar-refractivity contribution in [3.05, 3.63) is 64.2 Å². The van der Waals surface area contributed by atoms with Crippen molar-refractivity contribution < 1.29 is 9.53 Å². The number of benzene rings is 2. The summed E-state index contributed by atoms with van der Waals surface area (Å²) >= 11 is 6.08. The van der Waals surface area contributed by atoms with E-state index >= 15 is 0 Å². The standard InChI is InChI=1S/C18H19ClO2/c1-18(2,3)15-7-4-13(5-8-15)12-21-17-9-6-14(11-20)10-16(17)19/h4-11H,12H2,1-3H3. The molecule has 0 aliphatic carbocycles. The van der Waals surface area contributed by atoms with Crippen LogP contribution in [0.15, 0.2) is 42.5 Å². The minimum atomic E-state index is 0.146. The number of hydrogen-bond acceptors (Lipinski definition) is 2. The van der Waals surface area contributed by atoms with E-state index in [2.05, 4.69) is 45.0 Å². The van der Waals surface area contributed by atoms with E-state index in [4.69, 9.17) is 16.3 Å². The van der Waals surface area contributed by atoms with Gasteiger partial charge in [-0.1, -0.05) is 56.6 Å². The third kappa shape index (κ3) is 4.08. The van der Waals surface area contributed by atoms with Gasteiger partial charge in [0.25, 0.3) is 0 Å². The highest BCUT2D eigenvalue weighted by Crippen LogP contribution is 2.26. The molecule has 0 amide bonds. The summed E-state index contributed by atoms with van der Waals surface area (Å²) in [5.41, 5.74) is 3.06. The molecule has 0 unspecified atom stereocenters. The lowest BCUT2D eigenvalue weighted by Crippen LogP contribution is -2.10. The summed E-state index contributed by atoms with van der Waals surface area (Å²) in [6.45, 7) is 7.01. The van der Waals surface area contributed by atoms with E-state index in [9.17, 15) is 4.79 Å². The van der Waals surface area contributed by atoms with Gasteiger partial charge in [0.2, 0.25) is 0 Å². The van der Waals surface area contributed by atoms with E-state index in [1.165, 1.54) is 5.56 Å². The van der Waals surface area contributed by atoms with E-state index in [1.807, 2.05) is 0 Å². The van der Waals surface area contributed by atoms with Gasteiger partial charge in [0.1, 0.15) is 18.6 Å². The highest BCUT2D eigenvalue weighted by Gasteiger charge is 2.12. The molecule has 0 N–H and O–H groups in total. The Bertz CT molecular complexity index is 625. The van der Waals surface area contributed by atoms with Crippen LogP contribution in [0.3, 0.4) is 0 Å². The zero-order valence-corrected chi connectivity index (χ0v) is 13.3. The van der Waals surface area contributed by atoms with E-state index in [0.717, 1.165) is 11.8 Å². The second-order valence-electron chi connectivity index (χ2n) is 6.04. The predicted molar refractivity (Wildman–Crippen MR) is 86.3 cm³/mol. The Balaban J connectivity index is 2.05. The van der Waals surface area contributed by atoms with Crippen molar-refractivity contribution in [2.75, 3.05) is 0 Å². The van der Waals surface area contributed by atoms with E-state index in [0.29, 0.717) is 22.9 Å². The number of rotatable bonds is 4. The van der Waals surface area contributed by atoms with Crippen molar-refractivity contribution in [3.8, 4) is 5.75 Å². The number of carbonyl (C=O) groups is 1. The van der Waals surface area contributed by atoms with Gasteiger partial charge in [-0.3, -0.25) is 4.79 Å². The second-order valence-corrected chi connectivity index (χ2v) is 6.45. The fourth-order valence-corrected chi connectivity index (χ4v) is 2.21. The van der Waals surface area contributed by atoms with Crippen LogP contribution in [0.4, 0.5) is 0 Å². The molecule has 3 heteroatoms. The lowest BCUT2D eigenvalue weighted by Gasteiger charge is -2.19. The van der Waals surface area contributed by atoms with Crippen molar-refractivity contribution >= 4 is 17.9 Å². The van der Waals surface area contributed by atoms with Gasteiger partial charge in [0.05, 0.1) is 5.02 Å². The molecule has 0 saturated heterocycles. The summed E-state index contributed by atoms with van der Waals surface area (Å²) in [6, 6.07) is 13.4. The van der Waals surface area contributed by atoms with E-state index in [-0.39, 0.29) is 5.41 Å². The Morgan fingerprint density at radius 3 is 2.29 bits per heavy atom. The molecule has 0 radical (unpaired) electrons. The molecular weight excluding hydrogens is 284 g/mol. The zero-order valence-electron chi connectivity index (χ0n) is 12.5. The van der Waals surface area contributed by atoms with Crippen LogP contribution in [-0.2, 0) is 12.0 Å². The molecule has 0 aliphatic heterocycles. The molecule has 2 aromatic rings. The van der Waals surface area contributed by atoms with Crippen LogP contribution in [-0.4, -0.2) is 6.29 Å². The number of hydrogen-bond donors (Lipinski definition) is 0. The molecule has 0 spiro atoms. The molecule has 2 aromatic carbocycles. The van der Waals surface area contributed by atoms with Crippen molar-refractivity contribution in [2.24, 2.45) is 0 Å². The van der Waals surface area contributed by atoms with Gasteiger partial charge < -0.3 is 4.74 Å². The van der Waals surface area contributed by atoms with Crippen molar-refractivity contribution in [1.29, 1.82) is 0 Å². The third-order valence-electron chi connectivity index (χ3n) is 3.31. The highest BCUT2D eigenvalue weighted by atomic mass is 35.5. The molecule has 2 nitrogen and oxygen atoms in total. The first kappa shape index (κ1) is 15.6. The van der Waals surface area contributed by atoms with Crippen LogP contribution in [0, 0.1) is 0 Å². The normalized spacial score (nSPS) is 11.2. The maximum atomic E-state index is 10.7. The Kier molecular flexibility index (Phi) is 4.69. The molecule has 0 saturated carbocycles. The first-order valence-electron chi connectivity index (χ1n) is 6.87. The first-order chi connectivity index (χ1) is 9.90. The van der Waals surface area contributed by atoms with Crippen molar-refractivity contribution in [2.45, 2.75) is 32.8 Å². The fourth-order valence-electron chi connectivity index (χ4n) is 1.97. The minimum Gasteiger partial charge on any atom is -0.487 e. The summed E-state index contributed by atoms with van der Waals surface area (Å²) < 4.78 is 5.70. The molecular formula is C18H19ClO2. The predicted octanol–water partition coefficient (Wildman–Crippen LogP) is 5.03. The van der Waals surface area contributed by atoms with Gasteiger partial charge in [0.15, 0.2) is 0 Å². The van der Waals surface area contributed by atoms with Crippen LogP contribution in [0.25, 0.3) is 0 Å². The molecule has 0 aromatic heterocycles. The summed E-state index contributed by atoms with van der Waals surface area (Å²) in [7, 11) is 0. The summed E-state index contributed by atoms with van der Waals surface area (Å²) in [6.07, 6.45) is 0.765. The van der Waals surface area contributed by atoms with E-state index in [1.54, 1.807) is 18.2 Å². The van der Waals surface area contributed by atoms with Crippen LogP contribution in [0.1, 0.15) is 42.3 Å². The monoisotopic (exact) mass is 302 g/mol. The van der Waals surface area contributed by atoms with Gasteiger partial charge >= 0.3 is 0 Å². The molecule has 0 aliphatic rings. The quantitative estimate of drug-likeness (QED) is 0.740. The molecule has 0 heterocycles. The van der Waals surface area contributed by atoms with Crippen LogP contribution >= 0.6 is 11.6 Å². The van der Waals surface area contributed by atoms with Crippen LogP contribution in [0.5, 0.6) is 5.75 Å². The third-order valence-corrected chi connectivity index (χ3v) is 3.60. The molecule has 0 fully saturated rings. The first-order valence-corrected chi connectivity index (χ1v) is 7.25. The van der Waals surface area contributed by atoms with Crippen LogP contribution in [0.2, 0.25) is 5.02 Å². The van der Waals surface area contributed by atoms with Crippen molar-refractivity contribution in [1.82, 2.24) is 0 Å². The zero-order chi connectivity index (χ0) is 15.5. The summed E-state index contributed by atoms with van der Waals surface area (Å²) in [5, 5.41) is 0.450.